The molecule has 1 fully saturated rings. The van der Waals surface area contributed by atoms with Crippen LogP contribution in [0.3, 0.4) is 0 Å². The number of primary amides is 1. The van der Waals surface area contributed by atoms with Crippen LogP contribution in [0, 0.1) is 0 Å². The number of methoxy groups -OCH3 is 1. The fraction of sp³-hybridized carbons (Fsp3) is 0.333. The van der Waals surface area contributed by atoms with Crippen molar-refractivity contribution in [2.24, 2.45) is 5.73 Å². The molecule has 0 radical (unpaired) electrons. The van der Waals surface area contributed by atoms with Gasteiger partial charge >= 0.3 is 5.69 Å². The summed E-state index contributed by atoms with van der Waals surface area (Å²) in [5, 5.41) is 9.80. The fourth-order valence-electron chi connectivity index (χ4n) is 3.32. The molecule has 4 N–H and O–H groups in total. The smallest absolute Gasteiger partial charge is 0.327 e. The number of aromatic amines is 1. The quantitative estimate of drug-likeness (QED) is 0.588. The summed E-state index contributed by atoms with van der Waals surface area (Å²) in [6.07, 6.45) is 1.68. The Balaban J connectivity index is 1.90. The molecule has 1 amide bonds. The van der Waals surface area contributed by atoms with Gasteiger partial charge in [-0.25, -0.2) is 14.8 Å². The molecule has 0 aliphatic carbocycles. The van der Waals surface area contributed by atoms with E-state index in [2.05, 4.69) is 15.0 Å². The molecule has 2 aromatic heterocycles. The summed E-state index contributed by atoms with van der Waals surface area (Å²) in [6.45, 7) is 0.967. The van der Waals surface area contributed by atoms with Crippen LogP contribution in [0.4, 0.5) is 0 Å². The van der Waals surface area contributed by atoms with Crippen LogP contribution < -0.4 is 16.2 Å². The lowest BCUT2D eigenvalue weighted by Gasteiger charge is -2.11. The number of carbonyl (C=O) groups excluding carboxylic acids is 1. The summed E-state index contributed by atoms with van der Waals surface area (Å²) in [4.78, 5) is 35.7. The van der Waals surface area contributed by atoms with Crippen LogP contribution >= 0.6 is 0 Å². The highest BCUT2D eigenvalue weighted by Crippen LogP contribution is 2.31. The monoisotopic (exact) mass is 385 g/mol. The number of carbonyl (C=O) groups is 1. The second-order valence-corrected chi connectivity index (χ2v) is 6.52. The molecular weight excluding hydrogens is 366 g/mol. The number of nitrogens with two attached hydrogens (primary N) is 1. The van der Waals surface area contributed by atoms with Crippen molar-refractivity contribution in [2.75, 3.05) is 13.7 Å². The fourth-order valence-corrected chi connectivity index (χ4v) is 3.32. The molecular formula is C18H19N5O5. The van der Waals surface area contributed by atoms with Gasteiger partial charge in [0.2, 0.25) is 0 Å². The largest absolute Gasteiger partial charge is 0.504 e. The van der Waals surface area contributed by atoms with Gasteiger partial charge in [-0.2, -0.15) is 0 Å². The third-order valence-corrected chi connectivity index (χ3v) is 4.70. The Morgan fingerprint density at radius 3 is 2.96 bits per heavy atom. The number of amides is 1. The number of aromatic hydroxyl groups is 1. The van der Waals surface area contributed by atoms with E-state index in [4.69, 9.17) is 15.2 Å². The zero-order valence-corrected chi connectivity index (χ0v) is 15.1. The lowest BCUT2D eigenvalue weighted by Crippen LogP contribution is -2.24. The van der Waals surface area contributed by atoms with E-state index < -0.39 is 11.6 Å². The predicted octanol–water partition coefficient (Wildman–Crippen LogP) is 0.779. The highest BCUT2D eigenvalue weighted by molar-refractivity contribution is 6.01. The summed E-state index contributed by atoms with van der Waals surface area (Å²) in [7, 11) is 1.42. The first-order valence-electron chi connectivity index (χ1n) is 8.77. The SMILES string of the molecule is COc1cc(-c2nc(C(N)=O)c3[nH]c(=O)n(C[C@@H]4CCCO4)c3n2)ccc1O. The number of phenols is 1. The second-order valence-electron chi connectivity index (χ2n) is 6.52. The van der Waals surface area contributed by atoms with E-state index in [-0.39, 0.29) is 40.3 Å². The van der Waals surface area contributed by atoms with Crippen LogP contribution in [0.5, 0.6) is 11.5 Å². The van der Waals surface area contributed by atoms with Crippen LogP contribution in [-0.2, 0) is 11.3 Å². The second kappa shape index (κ2) is 6.97. The zero-order chi connectivity index (χ0) is 19.8. The van der Waals surface area contributed by atoms with Crippen molar-refractivity contribution in [3.05, 3.63) is 34.4 Å². The van der Waals surface area contributed by atoms with Crippen LogP contribution in [0.15, 0.2) is 23.0 Å². The van der Waals surface area contributed by atoms with E-state index in [1.807, 2.05) is 0 Å². The summed E-state index contributed by atoms with van der Waals surface area (Å²) >= 11 is 0. The Hall–Kier alpha value is -3.40. The maximum absolute atomic E-state index is 12.5. The number of hydrogen-bond acceptors (Lipinski definition) is 7. The number of nitrogens with zero attached hydrogens (tertiary/aromatic N) is 3. The molecule has 0 saturated carbocycles. The Labute approximate surface area is 158 Å². The molecule has 1 aliphatic heterocycles. The number of aromatic nitrogens is 4. The van der Waals surface area contributed by atoms with E-state index in [1.54, 1.807) is 6.07 Å². The minimum absolute atomic E-state index is 0.0422. The van der Waals surface area contributed by atoms with Gasteiger partial charge in [0.25, 0.3) is 5.91 Å². The van der Waals surface area contributed by atoms with Gasteiger partial charge in [0.15, 0.2) is 28.7 Å². The third kappa shape index (κ3) is 3.07. The number of hydrogen-bond donors (Lipinski definition) is 3. The molecule has 0 spiro atoms. The van der Waals surface area contributed by atoms with Crippen LogP contribution in [0.25, 0.3) is 22.6 Å². The molecule has 4 rings (SSSR count). The van der Waals surface area contributed by atoms with E-state index in [9.17, 15) is 14.7 Å². The van der Waals surface area contributed by atoms with Gasteiger partial charge in [-0.15, -0.1) is 0 Å². The maximum Gasteiger partial charge on any atom is 0.327 e. The number of imidazole rings is 1. The first kappa shape index (κ1) is 18.0. The first-order chi connectivity index (χ1) is 13.5. The summed E-state index contributed by atoms with van der Waals surface area (Å²) in [6, 6.07) is 4.55. The lowest BCUT2D eigenvalue weighted by molar-refractivity contribution is 0.0970. The van der Waals surface area contributed by atoms with Crippen molar-refractivity contribution >= 4 is 17.1 Å². The summed E-state index contributed by atoms with van der Waals surface area (Å²) in [5.41, 5.74) is 5.93. The first-order valence-corrected chi connectivity index (χ1v) is 8.77. The van der Waals surface area contributed by atoms with Crippen LogP contribution in [0.1, 0.15) is 23.3 Å². The van der Waals surface area contributed by atoms with Crippen LogP contribution in [-0.4, -0.2) is 50.4 Å². The Bertz CT molecular complexity index is 1110. The lowest BCUT2D eigenvalue weighted by atomic mass is 10.1. The average molecular weight is 385 g/mol. The van der Waals surface area contributed by atoms with Crippen molar-refractivity contribution in [3.63, 3.8) is 0 Å². The molecule has 28 heavy (non-hydrogen) atoms. The molecule has 3 heterocycles. The zero-order valence-electron chi connectivity index (χ0n) is 15.1. The number of H-pyrrole nitrogens is 1. The topological polar surface area (TPSA) is 145 Å². The minimum Gasteiger partial charge on any atom is -0.504 e. The summed E-state index contributed by atoms with van der Waals surface area (Å²) < 4.78 is 12.2. The minimum atomic E-state index is -0.787. The Kier molecular flexibility index (Phi) is 4.47. The van der Waals surface area contributed by atoms with Crippen molar-refractivity contribution in [1.82, 2.24) is 19.5 Å². The van der Waals surface area contributed by atoms with Crippen molar-refractivity contribution < 1.29 is 19.4 Å². The Morgan fingerprint density at radius 2 is 2.29 bits per heavy atom. The number of fused-ring (bicyclic) bond motifs is 1. The van der Waals surface area contributed by atoms with Crippen LogP contribution in [0.2, 0.25) is 0 Å². The highest BCUT2D eigenvalue weighted by Gasteiger charge is 2.23. The number of rotatable bonds is 5. The molecule has 10 heteroatoms. The standard InChI is InChI=1S/C18H19N5O5/c1-27-12-7-9(4-5-11(12)24)16-20-13(15(19)25)14-17(22-16)23(18(26)21-14)8-10-3-2-6-28-10/h4-5,7,10,24H,2-3,6,8H2,1H3,(H2,19,25)(H,21,26)/t10-/m0/s1. The van der Waals surface area contributed by atoms with Crippen molar-refractivity contribution in [1.29, 1.82) is 0 Å². The van der Waals surface area contributed by atoms with E-state index in [0.717, 1.165) is 12.8 Å². The van der Waals surface area contributed by atoms with Gasteiger partial charge in [-0.05, 0) is 31.0 Å². The number of nitrogens with one attached hydrogen (secondary N) is 1. The molecule has 1 aromatic carbocycles. The molecule has 1 saturated heterocycles. The highest BCUT2D eigenvalue weighted by atomic mass is 16.5. The maximum atomic E-state index is 12.5. The molecule has 146 valence electrons. The Morgan fingerprint density at radius 1 is 1.46 bits per heavy atom. The number of phenolic OH excluding ortho intramolecular Hbond substituents is 1. The third-order valence-electron chi connectivity index (χ3n) is 4.70. The van der Waals surface area contributed by atoms with Crippen molar-refractivity contribution in [3.8, 4) is 22.9 Å². The van der Waals surface area contributed by atoms with E-state index >= 15 is 0 Å². The predicted molar refractivity (Wildman–Crippen MR) is 99.3 cm³/mol. The van der Waals surface area contributed by atoms with Gasteiger partial charge in [0, 0.05) is 12.2 Å². The van der Waals surface area contributed by atoms with Crippen molar-refractivity contribution in [2.45, 2.75) is 25.5 Å². The van der Waals surface area contributed by atoms with Gasteiger partial charge in [0.1, 0.15) is 5.52 Å². The molecule has 10 nitrogen and oxygen atoms in total. The summed E-state index contributed by atoms with van der Waals surface area (Å²) in [5.74, 6) is -0.420. The van der Waals surface area contributed by atoms with Gasteiger partial charge in [-0.1, -0.05) is 0 Å². The van der Waals surface area contributed by atoms with Gasteiger partial charge in [0.05, 0.1) is 19.8 Å². The van der Waals surface area contributed by atoms with E-state index in [0.29, 0.717) is 18.7 Å². The molecule has 3 aromatic rings. The molecule has 0 bridgehead atoms. The average Bonchev–Trinajstić information content (AvgIpc) is 3.30. The number of ether oxygens (including phenoxy) is 2. The normalized spacial score (nSPS) is 16.5. The van der Waals surface area contributed by atoms with E-state index in [1.165, 1.54) is 23.8 Å². The van der Waals surface area contributed by atoms with Gasteiger partial charge < -0.3 is 25.3 Å². The van der Waals surface area contributed by atoms with Gasteiger partial charge in [-0.3, -0.25) is 9.36 Å². The molecule has 0 unspecified atom stereocenters. The molecule has 1 atom stereocenters. The molecule has 1 aliphatic rings. The number of benzene rings is 1.